The smallest absolute Gasteiger partial charge is 1.00 e. The third-order valence-electron chi connectivity index (χ3n) is 8.24. The van der Waals surface area contributed by atoms with Gasteiger partial charge in [0.15, 0.2) is 41.3 Å². The zero-order valence-corrected chi connectivity index (χ0v) is 41.3. The summed E-state index contributed by atoms with van der Waals surface area (Å²) in [4.78, 5) is 36.3. The molecule has 18 heteroatoms. The number of fused-ring (bicyclic) bond motifs is 6. The summed E-state index contributed by atoms with van der Waals surface area (Å²) in [6, 6.07) is 41.7. The predicted molar refractivity (Wildman–Crippen MR) is 218 cm³/mol. The number of nitrogens with one attached hydrogen (secondary N) is 1. The van der Waals surface area contributed by atoms with Gasteiger partial charge in [-0.05, 0) is 48.5 Å². The average molecular weight is 948 g/mol. The Labute approximate surface area is 445 Å². The van der Waals surface area contributed by atoms with E-state index < -0.39 is 24.6 Å². The third-order valence-corrected chi connectivity index (χ3v) is 8.24. The predicted octanol–water partition coefficient (Wildman–Crippen LogP) is 2.61. The Morgan fingerprint density at radius 1 is 0.721 bits per heavy atom. The molecule has 8 rings (SSSR count). The second-order valence-corrected chi connectivity index (χ2v) is 12.3. The van der Waals surface area contributed by atoms with Gasteiger partial charge in [-0.1, -0.05) is 101 Å². The van der Waals surface area contributed by atoms with E-state index in [1.807, 2.05) is 155 Å². The van der Waals surface area contributed by atoms with Gasteiger partial charge in [0, 0.05) is 37.6 Å². The van der Waals surface area contributed by atoms with Gasteiger partial charge in [-0.25, -0.2) is 18.4 Å². The largest absolute Gasteiger partial charge is 1.00 e. The van der Waals surface area contributed by atoms with E-state index in [-0.39, 0.29) is 116 Å². The van der Waals surface area contributed by atoms with Crippen LogP contribution in [0.1, 0.15) is 23.9 Å². The molecule has 0 aliphatic carbocycles. The summed E-state index contributed by atoms with van der Waals surface area (Å²) in [5, 5.41) is 10.9. The van der Waals surface area contributed by atoms with Gasteiger partial charge < -0.3 is 45.0 Å². The first-order valence-electron chi connectivity index (χ1n) is 17.5. The van der Waals surface area contributed by atoms with Crippen molar-refractivity contribution in [2.45, 2.75) is 0 Å². The number of amides is 2. The van der Waals surface area contributed by atoms with Crippen LogP contribution in [0.3, 0.4) is 0 Å². The van der Waals surface area contributed by atoms with E-state index in [0.717, 1.165) is 33.1 Å². The molecule has 13 nitrogen and oxygen atoms in total. The molecule has 4 aromatic carbocycles. The zero-order valence-electron chi connectivity index (χ0n) is 34.5. The third kappa shape index (κ3) is 13.3. The number of nitrogens with zero attached hydrogens (tertiary/aromatic N) is 3. The molecule has 2 aliphatic rings. The van der Waals surface area contributed by atoms with E-state index in [9.17, 15) is 18.4 Å². The maximum atomic E-state index is 12.9. The maximum Gasteiger partial charge on any atom is 1.00 e. The molecule has 0 fully saturated rings. The van der Waals surface area contributed by atoms with E-state index >= 15 is 0 Å². The Morgan fingerprint density at radius 2 is 1.11 bits per heavy atom. The van der Waals surface area contributed by atoms with Crippen LogP contribution in [0.25, 0.3) is 34.4 Å². The number of rotatable bonds is 6. The number of hydrogen-bond acceptors (Lipinski definition) is 9. The van der Waals surface area contributed by atoms with Gasteiger partial charge in [0.05, 0.1) is 22.8 Å². The summed E-state index contributed by atoms with van der Waals surface area (Å²) in [7, 11) is 2.85. The van der Waals surface area contributed by atoms with Gasteiger partial charge in [0.2, 0.25) is 0 Å². The van der Waals surface area contributed by atoms with E-state index in [1.54, 1.807) is 0 Å². The second kappa shape index (κ2) is 26.5. The van der Waals surface area contributed by atoms with Crippen LogP contribution in [0, 0.1) is 0 Å². The molecule has 0 spiro atoms. The number of benzene rings is 4. The molecule has 2 aliphatic heterocycles. The topological polar surface area (TPSA) is 146 Å². The van der Waals surface area contributed by atoms with Crippen LogP contribution in [0.15, 0.2) is 146 Å². The first-order valence-corrected chi connectivity index (χ1v) is 18.6. The number of hydrogen-bond donors (Lipinski definition) is 1. The van der Waals surface area contributed by atoms with Crippen molar-refractivity contribution in [2.75, 3.05) is 26.5 Å². The minimum Gasteiger partial charge on any atom is -1.00 e. The molecule has 0 unspecified atom stereocenters. The van der Waals surface area contributed by atoms with Gasteiger partial charge in [-0.3, -0.25) is 9.69 Å². The van der Waals surface area contributed by atoms with Gasteiger partial charge >= 0.3 is 115 Å². The SMILES string of the molecule is CN(C[18F])C(=O)OC1=C(c2ccccc2)Oc2ccccc2-n2cccc21.CNC(=O)OC1=C(c2ccccc2)Oc2ccccc2-n2cccc21.O=CO[O-].[18F]CBr.[H-].[K+].[K+]. The van der Waals surface area contributed by atoms with Crippen molar-refractivity contribution >= 4 is 57.6 Å². The number of alkyl halides is 3. The van der Waals surface area contributed by atoms with Crippen LogP contribution < -0.4 is 123 Å². The standard InChI is InChI=1S/C21H17FN2O3.C20H16N2O3.CH2BrF.CH2O3.2K.H/c1-23(14-22)21(25)27-20-17-11-7-13-24(17)16-10-5-6-12-18(16)26-19(20)15-8-3-2-4-9-15;1-21-20(23)25-19-16-11-7-13-22(16)15-10-5-6-12-17(15)24-18(19)14-8-3-2-4-9-14;2-1-3;2-1-4-3;;;/h2-13H,14H2,1H3;2-13H,1H3,(H,21,23);1H2;1,3H;;;/q;;;;2*+1;-1/p-1/i22-1;;3-1;;;;. The number of para-hydroxylation sites is 4. The van der Waals surface area contributed by atoms with E-state index in [2.05, 4.69) is 26.1 Å². The Kier molecular flexibility index (Phi) is 22.4. The van der Waals surface area contributed by atoms with Crippen molar-refractivity contribution in [2.24, 2.45) is 0 Å². The first kappa shape index (κ1) is 51.5. The molecule has 4 heterocycles. The molecule has 2 amide bonds. The number of alkyl carbamates (subject to hydrolysis) is 1. The second-order valence-electron chi connectivity index (χ2n) is 11.8. The van der Waals surface area contributed by atoms with E-state index in [1.165, 1.54) is 14.1 Å². The van der Waals surface area contributed by atoms with Crippen LogP contribution in [0.2, 0.25) is 0 Å². The molecular formula is C43H37BrF2K2N4O9. The number of halogens is 3. The summed E-state index contributed by atoms with van der Waals surface area (Å²) in [5.74, 6) is 2.79. The normalized spacial score (nSPS) is 11.3. The van der Waals surface area contributed by atoms with Crippen molar-refractivity contribution in [3.05, 3.63) is 168 Å². The summed E-state index contributed by atoms with van der Waals surface area (Å²) < 4.78 is 50.5. The molecule has 2 aromatic heterocycles. The summed E-state index contributed by atoms with van der Waals surface area (Å²) in [5.41, 5.74) is 4.21. The minimum absolute atomic E-state index is 0. The molecule has 61 heavy (non-hydrogen) atoms. The van der Waals surface area contributed by atoms with Crippen LogP contribution in [-0.4, -0.2) is 59.2 Å². The fourth-order valence-corrected chi connectivity index (χ4v) is 5.70. The van der Waals surface area contributed by atoms with Gasteiger partial charge in [0.1, 0.15) is 5.58 Å². The zero-order chi connectivity index (χ0) is 42.1. The summed E-state index contributed by atoms with van der Waals surface area (Å²) in [6.07, 6.45) is 2.42. The summed E-state index contributed by atoms with van der Waals surface area (Å²) >= 11 is 2.48. The van der Waals surface area contributed by atoms with Gasteiger partial charge in [-0.2, -0.15) is 0 Å². The minimum atomic E-state index is -0.950. The fraction of sp³-hybridized carbons (Fsp3) is 0.0930. The van der Waals surface area contributed by atoms with Crippen LogP contribution >= 0.6 is 15.9 Å². The Bertz CT molecular complexity index is 2420. The molecule has 0 saturated carbocycles. The molecule has 0 saturated heterocycles. The molecule has 6 aromatic rings. The quantitative estimate of drug-likeness (QED) is 0.0666. The van der Waals surface area contributed by atoms with Crippen molar-refractivity contribution in [1.82, 2.24) is 19.4 Å². The number of aromatic nitrogens is 2. The van der Waals surface area contributed by atoms with E-state index in [4.69, 9.17) is 29.0 Å². The van der Waals surface area contributed by atoms with E-state index in [0.29, 0.717) is 34.5 Å². The number of ether oxygens (including phenoxy) is 4. The van der Waals surface area contributed by atoms with Crippen molar-refractivity contribution in [1.29, 1.82) is 0 Å². The fourth-order valence-electron chi connectivity index (χ4n) is 5.70. The Balaban J connectivity index is 0.000000357. The van der Waals surface area contributed by atoms with Crippen molar-refractivity contribution in [3.63, 3.8) is 0 Å². The molecule has 306 valence electrons. The average Bonchev–Trinajstić information content (AvgIpc) is 3.93. The van der Waals surface area contributed by atoms with Crippen molar-refractivity contribution < 1.29 is 156 Å². The first-order chi connectivity index (χ1) is 28.8. The molecule has 0 bridgehead atoms. The molecular weight excluding hydrogens is 911 g/mol. The van der Waals surface area contributed by atoms with Crippen LogP contribution in [0.5, 0.6) is 11.5 Å². The maximum absolute atomic E-state index is 12.9. The van der Waals surface area contributed by atoms with Gasteiger partial charge in [-0.15, -0.1) is 0 Å². The van der Waals surface area contributed by atoms with Crippen LogP contribution in [0.4, 0.5) is 18.4 Å². The van der Waals surface area contributed by atoms with Crippen LogP contribution in [-0.2, 0) is 19.2 Å². The Hall–Kier alpha value is -3.90. The van der Waals surface area contributed by atoms with Gasteiger partial charge in [0.25, 0.3) is 6.47 Å². The number of carbonyl (C=O) groups excluding carboxylic acids is 3. The molecule has 0 atom stereocenters. The Morgan fingerprint density at radius 3 is 1.51 bits per heavy atom. The van der Waals surface area contributed by atoms with Crippen molar-refractivity contribution in [3.8, 4) is 22.9 Å². The number of carbonyl (C=O) groups is 3. The molecule has 1 N–H and O–H groups in total. The monoisotopic (exact) mass is 946 g/mol. The molecule has 0 radical (unpaired) electrons. The summed E-state index contributed by atoms with van der Waals surface area (Å²) in [6.45, 7) is -1.13.